The summed E-state index contributed by atoms with van der Waals surface area (Å²) in [4.78, 5) is 15.5. The van der Waals surface area contributed by atoms with Crippen molar-refractivity contribution >= 4 is 34.6 Å². The number of carbonyl (C=O) groups is 1. The number of aromatic nitrogens is 2. The number of fused-ring (bicyclic) bond motifs is 3. The van der Waals surface area contributed by atoms with E-state index in [-0.39, 0.29) is 11.8 Å². The Labute approximate surface area is 223 Å². The number of anilines is 1. The van der Waals surface area contributed by atoms with Gasteiger partial charge in [0.2, 0.25) is 5.91 Å². The van der Waals surface area contributed by atoms with Crippen LogP contribution in [0, 0.1) is 0 Å². The van der Waals surface area contributed by atoms with Crippen LogP contribution in [0.1, 0.15) is 73.4 Å². The second-order valence-corrected chi connectivity index (χ2v) is 11.5. The van der Waals surface area contributed by atoms with Crippen molar-refractivity contribution in [3.63, 3.8) is 0 Å². The summed E-state index contributed by atoms with van der Waals surface area (Å²) in [5.41, 5.74) is 7.36. The minimum atomic E-state index is -0.413. The number of rotatable bonds is 5. The first kappa shape index (κ1) is 23.4. The van der Waals surface area contributed by atoms with Gasteiger partial charge < -0.3 is 5.32 Å². The van der Waals surface area contributed by atoms with Crippen LogP contribution >= 0.6 is 0 Å². The highest BCUT2D eigenvalue weighted by molar-refractivity contribution is 6.09. The predicted molar refractivity (Wildman–Crippen MR) is 154 cm³/mol. The summed E-state index contributed by atoms with van der Waals surface area (Å²) >= 11 is 0. The average Bonchev–Trinajstić information content (AvgIpc) is 3.46. The van der Waals surface area contributed by atoms with E-state index in [1.54, 1.807) is 0 Å². The van der Waals surface area contributed by atoms with E-state index < -0.39 is 5.41 Å². The van der Waals surface area contributed by atoms with E-state index in [1.165, 1.54) is 36.0 Å². The normalized spacial score (nSPS) is 26.8. The Morgan fingerprint density at radius 1 is 1.00 bits per heavy atom. The first-order valence-electron chi connectivity index (χ1n) is 13.9. The van der Waals surface area contributed by atoms with Crippen LogP contribution in [0.15, 0.2) is 66.7 Å². The van der Waals surface area contributed by atoms with Crippen molar-refractivity contribution in [1.29, 1.82) is 0 Å². The zero-order valence-corrected chi connectivity index (χ0v) is 22.1. The predicted octanol–water partition coefficient (Wildman–Crippen LogP) is 6.87. The molecule has 5 nitrogen and oxygen atoms in total. The summed E-state index contributed by atoms with van der Waals surface area (Å²) in [5.74, 6) is 0.329. The maximum absolute atomic E-state index is 12.9. The molecule has 38 heavy (non-hydrogen) atoms. The van der Waals surface area contributed by atoms with Gasteiger partial charge in [0, 0.05) is 35.6 Å². The third-order valence-corrected chi connectivity index (χ3v) is 9.20. The molecular formula is C33H34N4O. The topological polar surface area (TPSA) is 61.0 Å². The summed E-state index contributed by atoms with van der Waals surface area (Å²) < 4.78 is 0. The maximum Gasteiger partial charge on any atom is 0.235 e. The molecule has 1 saturated carbocycles. The van der Waals surface area contributed by atoms with Crippen molar-refractivity contribution in [2.24, 2.45) is 0 Å². The molecule has 3 heterocycles. The Kier molecular flexibility index (Phi) is 5.52. The van der Waals surface area contributed by atoms with Gasteiger partial charge >= 0.3 is 0 Å². The van der Waals surface area contributed by atoms with Gasteiger partial charge in [-0.1, -0.05) is 67.1 Å². The number of likely N-dealkylation sites (tertiary alicyclic amines) is 1. The molecule has 0 unspecified atom stereocenters. The van der Waals surface area contributed by atoms with E-state index in [0.717, 1.165) is 40.8 Å². The lowest BCUT2D eigenvalue weighted by Gasteiger charge is -2.39. The zero-order valence-electron chi connectivity index (χ0n) is 22.1. The van der Waals surface area contributed by atoms with Crippen LogP contribution in [0.2, 0.25) is 0 Å². The van der Waals surface area contributed by atoms with Crippen molar-refractivity contribution in [3.8, 4) is 0 Å². The molecule has 1 aromatic heterocycles. The Morgan fingerprint density at radius 3 is 2.61 bits per heavy atom. The van der Waals surface area contributed by atoms with Crippen LogP contribution in [-0.2, 0) is 16.8 Å². The maximum atomic E-state index is 12.9. The molecule has 2 fully saturated rings. The highest BCUT2D eigenvalue weighted by Gasteiger charge is 2.65. The largest absolute Gasteiger partial charge is 0.325 e. The molecule has 3 aliphatic rings. The number of carbonyl (C=O) groups excluding carboxylic acids is 1. The highest BCUT2D eigenvalue weighted by atomic mass is 16.2. The molecule has 7 rings (SSSR count). The number of nitrogens with one attached hydrogen (secondary N) is 2. The first-order valence-corrected chi connectivity index (χ1v) is 13.9. The summed E-state index contributed by atoms with van der Waals surface area (Å²) in [5, 5.41) is 12.0. The van der Waals surface area contributed by atoms with E-state index in [1.807, 2.05) is 18.2 Å². The molecule has 5 heteroatoms. The molecule has 2 aliphatic heterocycles. The van der Waals surface area contributed by atoms with Crippen LogP contribution in [0.5, 0.6) is 0 Å². The molecule has 1 aliphatic carbocycles. The molecule has 1 amide bonds. The van der Waals surface area contributed by atoms with Gasteiger partial charge in [0.25, 0.3) is 0 Å². The molecule has 3 aromatic carbocycles. The first-order chi connectivity index (χ1) is 18.5. The summed E-state index contributed by atoms with van der Waals surface area (Å²) in [6.45, 7) is 5.74. The quantitative estimate of drug-likeness (QED) is 0.313. The Balaban J connectivity index is 1.07. The van der Waals surface area contributed by atoms with Crippen molar-refractivity contribution in [2.45, 2.75) is 69.5 Å². The SMILES string of the molecule is C[C@@H]1CCC[C@H](C)N1Cc1ccc(C=Cc2n[nH]c3cc([C@@H]4C[C@@]45C(=O)Nc4ccccc45)ccc23)cc1. The van der Waals surface area contributed by atoms with Gasteiger partial charge in [0.15, 0.2) is 0 Å². The van der Waals surface area contributed by atoms with E-state index in [0.29, 0.717) is 12.1 Å². The lowest BCUT2D eigenvalue weighted by molar-refractivity contribution is -0.118. The van der Waals surface area contributed by atoms with Crippen LogP contribution in [0.3, 0.4) is 0 Å². The number of nitrogens with zero attached hydrogens (tertiary/aromatic N) is 2. The van der Waals surface area contributed by atoms with Gasteiger partial charge in [-0.2, -0.15) is 5.10 Å². The number of aromatic amines is 1. The van der Waals surface area contributed by atoms with Gasteiger partial charge in [-0.05, 0) is 73.6 Å². The van der Waals surface area contributed by atoms with Gasteiger partial charge in [0.1, 0.15) is 0 Å². The summed E-state index contributed by atoms with van der Waals surface area (Å²) in [6, 6.07) is 24.8. The van der Waals surface area contributed by atoms with Crippen molar-refractivity contribution in [1.82, 2.24) is 15.1 Å². The van der Waals surface area contributed by atoms with E-state index in [4.69, 9.17) is 0 Å². The Hall–Kier alpha value is -3.70. The molecule has 1 saturated heterocycles. The molecule has 192 valence electrons. The van der Waals surface area contributed by atoms with Gasteiger partial charge in [-0.25, -0.2) is 0 Å². The van der Waals surface area contributed by atoms with Crippen LogP contribution in [0.4, 0.5) is 5.69 Å². The lowest BCUT2D eigenvalue weighted by Crippen LogP contribution is -2.42. The summed E-state index contributed by atoms with van der Waals surface area (Å²) in [7, 11) is 0. The molecule has 4 atom stereocenters. The van der Waals surface area contributed by atoms with Crippen LogP contribution < -0.4 is 5.32 Å². The van der Waals surface area contributed by atoms with E-state index >= 15 is 0 Å². The molecular weight excluding hydrogens is 468 g/mol. The zero-order chi connectivity index (χ0) is 25.9. The summed E-state index contributed by atoms with van der Waals surface area (Å²) in [6.07, 6.45) is 9.02. The molecule has 0 radical (unpaired) electrons. The van der Waals surface area contributed by atoms with E-state index in [9.17, 15) is 4.79 Å². The van der Waals surface area contributed by atoms with Crippen molar-refractivity contribution in [2.75, 3.05) is 5.32 Å². The highest BCUT2D eigenvalue weighted by Crippen LogP contribution is 2.65. The number of para-hydroxylation sites is 1. The number of hydrogen-bond acceptors (Lipinski definition) is 3. The minimum Gasteiger partial charge on any atom is -0.325 e. The smallest absolute Gasteiger partial charge is 0.235 e. The molecule has 1 spiro atoms. The van der Waals surface area contributed by atoms with Crippen molar-refractivity contribution in [3.05, 3.63) is 94.7 Å². The second kappa shape index (κ2) is 8.95. The Morgan fingerprint density at radius 2 is 1.79 bits per heavy atom. The lowest BCUT2D eigenvalue weighted by atomic mass is 9.92. The van der Waals surface area contributed by atoms with Gasteiger partial charge in [0.05, 0.1) is 16.6 Å². The number of piperidine rings is 1. The number of hydrogen-bond donors (Lipinski definition) is 2. The second-order valence-electron chi connectivity index (χ2n) is 11.5. The van der Waals surface area contributed by atoms with Crippen LogP contribution in [-0.4, -0.2) is 33.1 Å². The molecule has 2 N–H and O–H groups in total. The standard InChI is InChI=1S/C33H34N4O/c1-21-6-5-7-22(2)37(21)20-24-12-10-23(11-13-24)14-17-29-26-16-15-25(18-31(26)36-35-29)28-19-33(28)27-8-3-4-9-30(27)34-32(33)38/h3-4,8-18,21-22,28H,5-7,19-20H2,1-2H3,(H,34,38)(H,35,36)/t21-,22+,28-,33-/m0/s1. The third-order valence-electron chi connectivity index (χ3n) is 9.20. The van der Waals surface area contributed by atoms with Crippen molar-refractivity contribution < 1.29 is 4.79 Å². The molecule has 0 bridgehead atoms. The number of H-pyrrole nitrogens is 1. The third kappa shape index (κ3) is 3.80. The fraction of sp³-hybridized carbons (Fsp3) is 0.333. The van der Waals surface area contributed by atoms with Gasteiger partial charge in [-0.15, -0.1) is 0 Å². The number of amides is 1. The van der Waals surface area contributed by atoms with E-state index in [2.05, 4.69) is 94.9 Å². The fourth-order valence-corrected chi connectivity index (χ4v) is 6.86. The van der Waals surface area contributed by atoms with Gasteiger partial charge in [-0.3, -0.25) is 14.8 Å². The monoisotopic (exact) mass is 502 g/mol. The minimum absolute atomic E-state index is 0.128. The molecule has 4 aromatic rings. The fourth-order valence-electron chi connectivity index (χ4n) is 6.86. The number of benzene rings is 3. The van der Waals surface area contributed by atoms with Crippen LogP contribution in [0.25, 0.3) is 23.1 Å². The average molecular weight is 503 g/mol. The Bertz CT molecular complexity index is 1540.